The highest BCUT2D eigenvalue weighted by atomic mass is 32.1. The number of rotatable bonds is 6. The summed E-state index contributed by atoms with van der Waals surface area (Å²) in [5.41, 5.74) is 0.277. The van der Waals surface area contributed by atoms with Crippen LogP contribution in [0.25, 0.3) is 6.08 Å². The molecule has 1 aromatic heterocycles. The van der Waals surface area contributed by atoms with Crippen molar-refractivity contribution >= 4 is 29.3 Å². The highest BCUT2D eigenvalue weighted by molar-refractivity contribution is 7.14. The Bertz CT molecular complexity index is 541. The molecule has 21 heavy (non-hydrogen) atoms. The van der Waals surface area contributed by atoms with Gasteiger partial charge in [0.2, 0.25) is 0 Å². The molecule has 1 amide bonds. The number of hydrogen-bond donors (Lipinski definition) is 2. The molecule has 114 valence electrons. The van der Waals surface area contributed by atoms with Gasteiger partial charge in [0, 0.05) is 17.5 Å². The van der Waals surface area contributed by atoms with Crippen LogP contribution in [0, 0.1) is 5.41 Å². The minimum Gasteiger partial charge on any atom is -0.478 e. The topological polar surface area (TPSA) is 66.4 Å². The second-order valence-electron chi connectivity index (χ2n) is 5.62. The molecule has 1 fully saturated rings. The molecule has 1 aliphatic carbocycles. The fourth-order valence-electron chi connectivity index (χ4n) is 2.85. The number of aliphatic carboxylic acids is 1. The van der Waals surface area contributed by atoms with Crippen LogP contribution in [-0.4, -0.2) is 23.5 Å². The van der Waals surface area contributed by atoms with Crippen LogP contribution in [0.15, 0.2) is 18.2 Å². The molecule has 0 bridgehead atoms. The summed E-state index contributed by atoms with van der Waals surface area (Å²) in [4.78, 5) is 24.0. The molecule has 0 aliphatic heterocycles. The van der Waals surface area contributed by atoms with Gasteiger partial charge in [0.25, 0.3) is 5.91 Å². The van der Waals surface area contributed by atoms with E-state index in [0.29, 0.717) is 4.88 Å². The van der Waals surface area contributed by atoms with Crippen LogP contribution in [0.3, 0.4) is 0 Å². The van der Waals surface area contributed by atoms with E-state index in [-0.39, 0.29) is 11.3 Å². The predicted octanol–water partition coefficient (Wildman–Crippen LogP) is 3.55. The van der Waals surface area contributed by atoms with Gasteiger partial charge in [-0.25, -0.2) is 4.79 Å². The van der Waals surface area contributed by atoms with Gasteiger partial charge in [0.05, 0.1) is 4.88 Å². The quantitative estimate of drug-likeness (QED) is 0.790. The maximum Gasteiger partial charge on any atom is 0.328 e. The van der Waals surface area contributed by atoms with Gasteiger partial charge in [-0.1, -0.05) is 19.8 Å². The van der Waals surface area contributed by atoms with E-state index >= 15 is 0 Å². The summed E-state index contributed by atoms with van der Waals surface area (Å²) in [6.45, 7) is 2.93. The van der Waals surface area contributed by atoms with Crippen molar-refractivity contribution in [1.29, 1.82) is 0 Å². The summed E-state index contributed by atoms with van der Waals surface area (Å²) in [5, 5.41) is 11.6. The third-order valence-corrected chi connectivity index (χ3v) is 5.33. The predicted molar refractivity (Wildman–Crippen MR) is 84.5 cm³/mol. The second kappa shape index (κ2) is 6.89. The Balaban J connectivity index is 1.93. The highest BCUT2D eigenvalue weighted by Gasteiger charge is 2.32. The van der Waals surface area contributed by atoms with Gasteiger partial charge in [-0.05, 0) is 42.9 Å². The Morgan fingerprint density at radius 1 is 1.38 bits per heavy atom. The Morgan fingerprint density at radius 3 is 2.71 bits per heavy atom. The van der Waals surface area contributed by atoms with Crippen LogP contribution in [0.2, 0.25) is 0 Å². The molecule has 2 rings (SSSR count). The molecule has 1 saturated carbocycles. The van der Waals surface area contributed by atoms with E-state index in [1.165, 1.54) is 43.1 Å². The van der Waals surface area contributed by atoms with E-state index in [1.54, 1.807) is 12.1 Å². The fraction of sp³-hybridized carbons (Fsp3) is 0.500. The van der Waals surface area contributed by atoms with E-state index in [0.717, 1.165) is 23.9 Å². The van der Waals surface area contributed by atoms with E-state index in [1.807, 2.05) is 0 Å². The smallest absolute Gasteiger partial charge is 0.328 e. The highest BCUT2D eigenvalue weighted by Crippen LogP contribution is 2.40. The van der Waals surface area contributed by atoms with Crippen LogP contribution in [0.1, 0.15) is 53.6 Å². The third kappa shape index (κ3) is 4.17. The molecule has 1 heterocycles. The molecule has 0 aromatic carbocycles. The molecule has 1 aromatic rings. The first-order chi connectivity index (χ1) is 10.0. The van der Waals surface area contributed by atoms with Crippen LogP contribution in [0.5, 0.6) is 0 Å². The van der Waals surface area contributed by atoms with Crippen molar-refractivity contribution in [2.75, 3.05) is 6.54 Å². The first-order valence-corrected chi connectivity index (χ1v) is 8.15. The lowest BCUT2D eigenvalue weighted by Crippen LogP contribution is -2.35. The Labute approximate surface area is 128 Å². The van der Waals surface area contributed by atoms with E-state index < -0.39 is 5.97 Å². The van der Waals surface area contributed by atoms with Gasteiger partial charge < -0.3 is 10.4 Å². The molecule has 4 nitrogen and oxygen atoms in total. The molecular formula is C16H21NO3S. The summed E-state index contributed by atoms with van der Waals surface area (Å²) in [6.07, 6.45) is 8.60. The van der Waals surface area contributed by atoms with Crippen molar-refractivity contribution in [3.8, 4) is 0 Å². The summed E-state index contributed by atoms with van der Waals surface area (Å²) in [6, 6.07) is 3.51. The van der Waals surface area contributed by atoms with E-state index in [9.17, 15) is 9.59 Å². The molecular weight excluding hydrogens is 286 g/mol. The Hall–Kier alpha value is -1.62. The standard InChI is InChI=1S/C16H21NO3S/c1-2-16(9-3-4-10-16)11-17-15(20)13-7-5-12(21-13)6-8-14(18)19/h5-8H,2-4,9-11H2,1H3,(H,17,20)(H,18,19)/b8-6+. The van der Waals surface area contributed by atoms with Crippen LogP contribution in [-0.2, 0) is 4.79 Å². The fourth-order valence-corrected chi connectivity index (χ4v) is 3.68. The van der Waals surface area contributed by atoms with Crippen molar-refractivity contribution in [3.05, 3.63) is 28.0 Å². The minimum atomic E-state index is -0.986. The first kappa shape index (κ1) is 15.8. The lowest BCUT2D eigenvalue weighted by atomic mass is 9.83. The summed E-state index contributed by atoms with van der Waals surface area (Å²) >= 11 is 1.31. The molecule has 0 unspecified atom stereocenters. The van der Waals surface area contributed by atoms with Gasteiger partial charge in [-0.2, -0.15) is 0 Å². The lowest BCUT2D eigenvalue weighted by Gasteiger charge is -2.27. The average molecular weight is 307 g/mol. The molecule has 0 saturated heterocycles. The molecule has 2 N–H and O–H groups in total. The lowest BCUT2D eigenvalue weighted by molar-refractivity contribution is -0.131. The van der Waals surface area contributed by atoms with Crippen molar-refractivity contribution < 1.29 is 14.7 Å². The van der Waals surface area contributed by atoms with E-state index in [4.69, 9.17) is 5.11 Å². The maximum atomic E-state index is 12.2. The van der Waals surface area contributed by atoms with Gasteiger partial charge in [-0.15, -0.1) is 11.3 Å². The van der Waals surface area contributed by atoms with Crippen molar-refractivity contribution in [2.45, 2.75) is 39.0 Å². The van der Waals surface area contributed by atoms with Gasteiger partial charge in [0.1, 0.15) is 0 Å². The molecule has 5 heteroatoms. The molecule has 0 spiro atoms. The van der Waals surface area contributed by atoms with Gasteiger partial charge >= 0.3 is 5.97 Å². The number of amides is 1. The number of thiophene rings is 1. The van der Waals surface area contributed by atoms with Gasteiger partial charge in [0.15, 0.2) is 0 Å². The zero-order valence-electron chi connectivity index (χ0n) is 12.2. The average Bonchev–Trinajstić information content (AvgIpc) is 3.12. The summed E-state index contributed by atoms with van der Waals surface area (Å²) in [7, 11) is 0. The minimum absolute atomic E-state index is 0.0605. The number of carbonyl (C=O) groups excluding carboxylic acids is 1. The van der Waals surface area contributed by atoms with E-state index in [2.05, 4.69) is 12.2 Å². The Morgan fingerprint density at radius 2 is 2.10 bits per heavy atom. The van der Waals surface area contributed by atoms with Crippen molar-refractivity contribution in [3.63, 3.8) is 0 Å². The summed E-state index contributed by atoms with van der Waals surface area (Å²) in [5.74, 6) is -1.05. The third-order valence-electron chi connectivity index (χ3n) is 4.28. The molecule has 0 atom stereocenters. The molecule has 1 aliphatic rings. The monoisotopic (exact) mass is 307 g/mol. The maximum absolute atomic E-state index is 12.2. The normalized spacial score (nSPS) is 17.2. The van der Waals surface area contributed by atoms with Crippen molar-refractivity contribution in [2.24, 2.45) is 5.41 Å². The van der Waals surface area contributed by atoms with Crippen molar-refractivity contribution in [1.82, 2.24) is 5.32 Å². The number of carbonyl (C=O) groups is 2. The summed E-state index contributed by atoms with van der Waals surface area (Å²) < 4.78 is 0. The zero-order valence-corrected chi connectivity index (χ0v) is 13.0. The van der Waals surface area contributed by atoms with Gasteiger partial charge in [-0.3, -0.25) is 4.79 Å². The van der Waals surface area contributed by atoms with Crippen LogP contribution < -0.4 is 5.32 Å². The zero-order chi connectivity index (χ0) is 15.3. The number of carboxylic acid groups (broad SMARTS) is 1. The molecule has 0 radical (unpaired) electrons. The number of hydrogen-bond acceptors (Lipinski definition) is 3. The Kier molecular flexibility index (Phi) is 5.17. The first-order valence-electron chi connectivity index (χ1n) is 7.34. The number of nitrogens with one attached hydrogen (secondary N) is 1. The largest absolute Gasteiger partial charge is 0.478 e. The second-order valence-corrected chi connectivity index (χ2v) is 6.73. The number of carboxylic acids is 1. The van der Waals surface area contributed by atoms with Crippen LogP contribution >= 0.6 is 11.3 Å². The van der Waals surface area contributed by atoms with Crippen LogP contribution in [0.4, 0.5) is 0 Å². The SMILES string of the molecule is CCC1(CNC(=O)c2ccc(/C=C/C(=O)O)s2)CCCC1.